The van der Waals surface area contributed by atoms with Gasteiger partial charge in [0.25, 0.3) is 0 Å². The summed E-state index contributed by atoms with van der Waals surface area (Å²) in [5, 5.41) is 8.50. The minimum atomic E-state index is -2.01. The third-order valence-corrected chi connectivity index (χ3v) is 3.61. The lowest BCUT2D eigenvalue weighted by molar-refractivity contribution is 0.295. The summed E-state index contributed by atoms with van der Waals surface area (Å²) in [6.45, 7) is 5.20. The molecule has 0 radical (unpaired) electrons. The van der Waals surface area contributed by atoms with Crippen LogP contribution in [0.2, 0.25) is 0 Å². The highest BCUT2D eigenvalue weighted by molar-refractivity contribution is 7.63. The number of hydrogen-bond acceptors (Lipinski definition) is 2. The highest BCUT2D eigenvalue weighted by atomic mass is 31.2. The Bertz CT molecular complexity index is 105. The Hall–Kier alpha value is 0.190. The van der Waals surface area contributed by atoms with Crippen LogP contribution in [0.3, 0.4) is 0 Å². The van der Waals surface area contributed by atoms with Crippen molar-refractivity contribution in [3.05, 3.63) is 0 Å². The van der Waals surface area contributed by atoms with Gasteiger partial charge in [-0.1, -0.05) is 6.92 Å². The fraction of sp³-hybridized carbons (Fsp3) is 1.00. The molecule has 8 heavy (non-hydrogen) atoms. The van der Waals surface area contributed by atoms with E-state index in [1.807, 2.05) is 0 Å². The van der Waals surface area contributed by atoms with Crippen LogP contribution < -0.4 is 0 Å². The molecule has 0 fully saturated rings. The predicted octanol–water partition coefficient (Wildman–Crippen LogP) is 0.990. The van der Waals surface area contributed by atoms with Gasteiger partial charge in [-0.15, -0.1) is 0 Å². The van der Waals surface area contributed by atoms with Gasteiger partial charge in [-0.05, 0) is 13.3 Å². The largest absolute Gasteiger partial charge is 0.396 e. The normalized spacial score (nSPS) is 16.0. The van der Waals surface area contributed by atoms with Crippen LogP contribution in [0.1, 0.15) is 6.92 Å². The summed E-state index contributed by atoms with van der Waals surface area (Å²) in [5.41, 5.74) is -0.0394. The molecule has 0 aromatic heterocycles. The molecule has 0 spiro atoms. The van der Waals surface area contributed by atoms with Crippen LogP contribution in [-0.4, -0.2) is 30.7 Å². The van der Waals surface area contributed by atoms with Crippen LogP contribution in [-0.2, 0) is 4.57 Å². The van der Waals surface area contributed by atoms with E-state index in [0.29, 0.717) is 0 Å². The van der Waals surface area contributed by atoms with Gasteiger partial charge in [0, 0.05) is 5.66 Å². The van der Waals surface area contributed by atoms with E-state index in [1.54, 1.807) is 20.3 Å². The molecule has 3 heteroatoms. The topological polar surface area (TPSA) is 37.3 Å². The highest BCUT2D eigenvalue weighted by Gasteiger charge is 2.15. The third-order valence-electron chi connectivity index (χ3n) is 1.33. The van der Waals surface area contributed by atoms with Gasteiger partial charge in [-0.25, -0.2) is 0 Å². The van der Waals surface area contributed by atoms with Gasteiger partial charge in [0.15, 0.2) is 0 Å². The zero-order valence-corrected chi connectivity index (χ0v) is 6.48. The first-order chi connectivity index (χ1) is 3.48. The standard InChI is InChI=1S/C5H13O2P/c1-5(4-6)8(2,3)7/h5-6H,4H2,1-3H3. The first-order valence-electron chi connectivity index (χ1n) is 2.64. The second-order valence-electron chi connectivity index (χ2n) is 2.47. The van der Waals surface area contributed by atoms with Crippen molar-refractivity contribution in [2.75, 3.05) is 19.9 Å². The van der Waals surface area contributed by atoms with Crippen LogP contribution in [0.4, 0.5) is 0 Å². The van der Waals surface area contributed by atoms with Crippen molar-refractivity contribution in [2.24, 2.45) is 0 Å². The molecule has 1 unspecified atom stereocenters. The van der Waals surface area contributed by atoms with Crippen molar-refractivity contribution < 1.29 is 9.67 Å². The van der Waals surface area contributed by atoms with Crippen LogP contribution in [0.15, 0.2) is 0 Å². The van der Waals surface area contributed by atoms with Crippen molar-refractivity contribution >= 4 is 7.14 Å². The molecule has 1 atom stereocenters. The lowest BCUT2D eigenvalue weighted by Crippen LogP contribution is -2.06. The molecule has 0 aliphatic carbocycles. The van der Waals surface area contributed by atoms with Crippen molar-refractivity contribution in [1.29, 1.82) is 0 Å². The van der Waals surface area contributed by atoms with E-state index < -0.39 is 7.14 Å². The highest BCUT2D eigenvalue weighted by Crippen LogP contribution is 2.41. The second kappa shape index (κ2) is 2.65. The van der Waals surface area contributed by atoms with E-state index in [1.165, 1.54) is 0 Å². The first-order valence-corrected chi connectivity index (χ1v) is 5.31. The summed E-state index contributed by atoms with van der Waals surface area (Å²) in [7, 11) is -2.01. The molecule has 50 valence electrons. The zero-order valence-electron chi connectivity index (χ0n) is 5.59. The first kappa shape index (κ1) is 8.19. The van der Waals surface area contributed by atoms with Gasteiger partial charge in [0.1, 0.15) is 0 Å². The smallest absolute Gasteiger partial charge is 0.0868 e. The van der Waals surface area contributed by atoms with Gasteiger partial charge >= 0.3 is 0 Å². The Morgan fingerprint density at radius 1 is 1.62 bits per heavy atom. The lowest BCUT2D eigenvalue weighted by atomic mass is 10.5. The summed E-state index contributed by atoms with van der Waals surface area (Å²) < 4.78 is 11.0. The van der Waals surface area contributed by atoms with E-state index in [-0.39, 0.29) is 12.3 Å². The number of rotatable bonds is 2. The van der Waals surface area contributed by atoms with Crippen LogP contribution in [0, 0.1) is 0 Å². The Balaban J connectivity index is 3.82. The zero-order chi connectivity index (χ0) is 6.78. The summed E-state index contributed by atoms with van der Waals surface area (Å²) >= 11 is 0. The van der Waals surface area contributed by atoms with Crippen molar-refractivity contribution in [1.82, 2.24) is 0 Å². The molecule has 2 nitrogen and oxygen atoms in total. The van der Waals surface area contributed by atoms with Gasteiger partial charge in [-0.2, -0.15) is 0 Å². The maximum atomic E-state index is 11.0. The molecule has 0 amide bonds. The van der Waals surface area contributed by atoms with Crippen LogP contribution >= 0.6 is 7.14 Å². The molecule has 0 heterocycles. The number of aliphatic hydroxyl groups excluding tert-OH is 1. The van der Waals surface area contributed by atoms with Crippen molar-refractivity contribution in [2.45, 2.75) is 12.6 Å². The van der Waals surface area contributed by atoms with Gasteiger partial charge in [-0.3, -0.25) is 0 Å². The monoisotopic (exact) mass is 136 g/mol. The summed E-state index contributed by atoms with van der Waals surface area (Å²) in [6, 6.07) is 0. The molecular weight excluding hydrogens is 123 g/mol. The summed E-state index contributed by atoms with van der Waals surface area (Å²) in [6.07, 6.45) is 0. The Labute approximate surface area is 50.3 Å². The summed E-state index contributed by atoms with van der Waals surface area (Å²) in [4.78, 5) is 0. The Kier molecular flexibility index (Phi) is 2.72. The van der Waals surface area contributed by atoms with E-state index >= 15 is 0 Å². The maximum Gasteiger partial charge on any atom is 0.0868 e. The number of aliphatic hydroxyl groups is 1. The molecule has 0 bridgehead atoms. The molecule has 1 N–H and O–H groups in total. The molecule has 0 aliphatic heterocycles. The minimum absolute atomic E-state index is 0.0320. The molecule has 0 saturated carbocycles. The third kappa shape index (κ3) is 2.49. The van der Waals surface area contributed by atoms with Crippen molar-refractivity contribution in [3.8, 4) is 0 Å². The van der Waals surface area contributed by atoms with Crippen LogP contribution in [0.25, 0.3) is 0 Å². The average molecular weight is 136 g/mol. The molecular formula is C5H13O2P. The van der Waals surface area contributed by atoms with E-state index in [2.05, 4.69) is 0 Å². The molecule has 0 saturated heterocycles. The van der Waals surface area contributed by atoms with E-state index in [4.69, 9.17) is 5.11 Å². The Morgan fingerprint density at radius 3 is 2.00 bits per heavy atom. The minimum Gasteiger partial charge on any atom is -0.396 e. The van der Waals surface area contributed by atoms with Gasteiger partial charge in [0.05, 0.1) is 13.7 Å². The maximum absolute atomic E-state index is 11.0. The van der Waals surface area contributed by atoms with E-state index in [9.17, 15) is 4.57 Å². The van der Waals surface area contributed by atoms with E-state index in [0.717, 1.165) is 0 Å². The average Bonchev–Trinajstić information content (AvgIpc) is 1.62. The number of hydrogen-bond donors (Lipinski definition) is 1. The predicted molar refractivity (Wildman–Crippen MR) is 36.0 cm³/mol. The van der Waals surface area contributed by atoms with Crippen molar-refractivity contribution in [3.63, 3.8) is 0 Å². The molecule has 0 rings (SSSR count). The fourth-order valence-corrected chi connectivity index (χ4v) is 0.590. The van der Waals surface area contributed by atoms with Gasteiger partial charge in [0.2, 0.25) is 0 Å². The van der Waals surface area contributed by atoms with Gasteiger partial charge < -0.3 is 9.67 Å². The second-order valence-corrected chi connectivity index (χ2v) is 6.22. The SMILES string of the molecule is CC(CO)P(C)(C)=O. The Morgan fingerprint density at radius 2 is 2.00 bits per heavy atom. The summed E-state index contributed by atoms with van der Waals surface area (Å²) in [5.74, 6) is 0. The quantitative estimate of drug-likeness (QED) is 0.575. The molecule has 0 aliphatic rings. The van der Waals surface area contributed by atoms with Crippen LogP contribution in [0.5, 0.6) is 0 Å². The molecule has 0 aromatic rings. The fourth-order valence-electron chi connectivity index (χ4n) is 0.197. The molecule has 0 aromatic carbocycles. The lowest BCUT2D eigenvalue weighted by Gasteiger charge is -2.11.